The predicted octanol–water partition coefficient (Wildman–Crippen LogP) is 0.203. The minimum atomic E-state index is 0.342. The fourth-order valence-electron chi connectivity index (χ4n) is 1.82. The van der Waals surface area contributed by atoms with E-state index in [1.807, 2.05) is 12.4 Å². The van der Waals surface area contributed by atoms with Gasteiger partial charge in [-0.1, -0.05) is 0 Å². The lowest BCUT2D eigenvalue weighted by molar-refractivity contribution is 0.0981. The van der Waals surface area contributed by atoms with Crippen molar-refractivity contribution >= 4 is 5.95 Å². The van der Waals surface area contributed by atoms with E-state index >= 15 is 0 Å². The molecular formula is C11H18N4O. The third-order valence-electron chi connectivity index (χ3n) is 2.75. The highest BCUT2D eigenvalue weighted by Gasteiger charge is 2.20. The lowest BCUT2D eigenvalue weighted by Crippen LogP contribution is -2.44. The molecule has 2 N–H and O–H groups in total. The van der Waals surface area contributed by atoms with E-state index in [9.17, 15) is 0 Å². The normalized spacial score (nSPS) is 21.1. The standard InChI is InChI=1S/C11H18N4O/c1-9-8-16-5-4-15(9)11-13-6-10(2-3-12)7-14-11/h6-7,9H,2-5,8,12H2,1H3. The van der Waals surface area contributed by atoms with Crippen LogP contribution in [0.15, 0.2) is 12.4 Å². The molecule has 16 heavy (non-hydrogen) atoms. The van der Waals surface area contributed by atoms with Crippen molar-refractivity contribution in [2.24, 2.45) is 5.73 Å². The third kappa shape index (κ3) is 2.48. The molecule has 1 fully saturated rings. The van der Waals surface area contributed by atoms with Crippen molar-refractivity contribution in [1.82, 2.24) is 9.97 Å². The van der Waals surface area contributed by atoms with E-state index in [1.54, 1.807) is 0 Å². The highest BCUT2D eigenvalue weighted by Crippen LogP contribution is 2.14. The number of nitrogens with zero attached hydrogens (tertiary/aromatic N) is 3. The Kier molecular flexibility index (Phi) is 3.69. The molecule has 1 saturated heterocycles. The summed E-state index contributed by atoms with van der Waals surface area (Å²) in [7, 11) is 0. The van der Waals surface area contributed by atoms with Crippen molar-refractivity contribution in [2.75, 3.05) is 31.2 Å². The average Bonchev–Trinajstić information content (AvgIpc) is 2.31. The first kappa shape index (κ1) is 11.3. The summed E-state index contributed by atoms with van der Waals surface area (Å²) >= 11 is 0. The third-order valence-corrected chi connectivity index (χ3v) is 2.75. The largest absolute Gasteiger partial charge is 0.377 e. The zero-order chi connectivity index (χ0) is 11.4. The number of ether oxygens (including phenoxy) is 1. The van der Waals surface area contributed by atoms with Crippen LogP contribution in [0.25, 0.3) is 0 Å². The van der Waals surface area contributed by atoms with Crippen LogP contribution in [0.1, 0.15) is 12.5 Å². The Balaban J connectivity index is 2.08. The van der Waals surface area contributed by atoms with E-state index in [-0.39, 0.29) is 0 Å². The van der Waals surface area contributed by atoms with Gasteiger partial charge in [-0.25, -0.2) is 9.97 Å². The quantitative estimate of drug-likeness (QED) is 0.791. The first-order valence-corrected chi connectivity index (χ1v) is 5.66. The molecule has 0 amide bonds. The van der Waals surface area contributed by atoms with E-state index in [4.69, 9.17) is 10.5 Å². The van der Waals surface area contributed by atoms with Crippen LogP contribution in [0.4, 0.5) is 5.95 Å². The first-order chi connectivity index (χ1) is 7.81. The van der Waals surface area contributed by atoms with Crippen LogP contribution in [0, 0.1) is 0 Å². The van der Waals surface area contributed by atoms with Crippen LogP contribution in [0.2, 0.25) is 0 Å². The van der Waals surface area contributed by atoms with Crippen LogP contribution >= 0.6 is 0 Å². The minimum Gasteiger partial charge on any atom is -0.377 e. The molecule has 0 bridgehead atoms. The van der Waals surface area contributed by atoms with Gasteiger partial charge in [0.1, 0.15) is 0 Å². The van der Waals surface area contributed by atoms with Crippen molar-refractivity contribution in [1.29, 1.82) is 0 Å². The number of hydrogen-bond donors (Lipinski definition) is 1. The van der Waals surface area contributed by atoms with Gasteiger partial charge in [0.15, 0.2) is 0 Å². The molecule has 2 heterocycles. The van der Waals surface area contributed by atoms with Crippen LogP contribution in [0.3, 0.4) is 0 Å². The number of hydrogen-bond acceptors (Lipinski definition) is 5. The van der Waals surface area contributed by atoms with Crippen LogP contribution in [-0.2, 0) is 11.2 Å². The predicted molar refractivity (Wildman–Crippen MR) is 62.4 cm³/mol. The van der Waals surface area contributed by atoms with E-state index in [0.29, 0.717) is 12.6 Å². The summed E-state index contributed by atoms with van der Waals surface area (Å²) < 4.78 is 5.38. The van der Waals surface area contributed by atoms with Gasteiger partial charge in [-0.05, 0) is 25.5 Å². The maximum atomic E-state index is 5.48. The second-order valence-corrected chi connectivity index (χ2v) is 4.05. The van der Waals surface area contributed by atoms with Crippen LogP contribution < -0.4 is 10.6 Å². The monoisotopic (exact) mass is 222 g/mol. The molecule has 1 atom stereocenters. The van der Waals surface area contributed by atoms with Gasteiger partial charge < -0.3 is 15.4 Å². The molecule has 0 saturated carbocycles. The van der Waals surface area contributed by atoms with Gasteiger partial charge in [-0.15, -0.1) is 0 Å². The van der Waals surface area contributed by atoms with Gasteiger partial charge >= 0.3 is 0 Å². The molecule has 1 aromatic heterocycles. The fraction of sp³-hybridized carbons (Fsp3) is 0.636. The molecule has 1 unspecified atom stereocenters. The van der Waals surface area contributed by atoms with Crippen molar-refractivity contribution in [3.63, 3.8) is 0 Å². The Bertz CT molecular complexity index is 327. The maximum Gasteiger partial charge on any atom is 0.225 e. The molecule has 0 spiro atoms. The molecule has 0 aromatic carbocycles. The van der Waals surface area contributed by atoms with Crippen molar-refractivity contribution in [3.05, 3.63) is 18.0 Å². The Morgan fingerprint density at radius 1 is 1.50 bits per heavy atom. The van der Waals surface area contributed by atoms with Crippen LogP contribution in [0.5, 0.6) is 0 Å². The van der Waals surface area contributed by atoms with E-state index in [1.165, 1.54) is 0 Å². The Morgan fingerprint density at radius 3 is 2.88 bits per heavy atom. The molecule has 1 aliphatic heterocycles. The van der Waals surface area contributed by atoms with Crippen molar-refractivity contribution in [2.45, 2.75) is 19.4 Å². The Labute approximate surface area is 95.6 Å². The van der Waals surface area contributed by atoms with Gasteiger partial charge in [0, 0.05) is 18.9 Å². The Hall–Kier alpha value is -1.20. The SMILES string of the molecule is CC1COCCN1c1ncc(CCN)cn1. The molecule has 5 nitrogen and oxygen atoms in total. The number of anilines is 1. The molecule has 1 aromatic rings. The van der Waals surface area contributed by atoms with Crippen molar-refractivity contribution in [3.8, 4) is 0 Å². The second-order valence-electron chi connectivity index (χ2n) is 4.05. The molecule has 0 aliphatic carbocycles. The smallest absolute Gasteiger partial charge is 0.225 e. The van der Waals surface area contributed by atoms with Gasteiger partial charge in [0.2, 0.25) is 5.95 Å². The van der Waals surface area contributed by atoms with Gasteiger partial charge in [-0.2, -0.15) is 0 Å². The topological polar surface area (TPSA) is 64.3 Å². The second kappa shape index (κ2) is 5.23. The lowest BCUT2D eigenvalue weighted by Gasteiger charge is -2.33. The summed E-state index contributed by atoms with van der Waals surface area (Å²) in [6, 6.07) is 0.342. The van der Waals surface area contributed by atoms with Gasteiger partial charge in [0.25, 0.3) is 0 Å². The Morgan fingerprint density at radius 2 is 2.25 bits per heavy atom. The number of aromatic nitrogens is 2. The zero-order valence-corrected chi connectivity index (χ0v) is 9.59. The summed E-state index contributed by atoms with van der Waals surface area (Å²) in [6.45, 7) is 5.11. The van der Waals surface area contributed by atoms with Crippen molar-refractivity contribution < 1.29 is 4.74 Å². The average molecular weight is 222 g/mol. The molecule has 0 radical (unpaired) electrons. The minimum absolute atomic E-state index is 0.342. The van der Waals surface area contributed by atoms with Gasteiger partial charge in [-0.3, -0.25) is 0 Å². The molecule has 88 valence electrons. The number of morpholine rings is 1. The summed E-state index contributed by atoms with van der Waals surface area (Å²) in [5, 5.41) is 0. The highest BCUT2D eigenvalue weighted by molar-refractivity contribution is 5.32. The lowest BCUT2D eigenvalue weighted by atomic mass is 10.2. The number of nitrogens with two attached hydrogens (primary N) is 1. The first-order valence-electron chi connectivity index (χ1n) is 5.66. The molecular weight excluding hydrogens is 204 g/mol. The summed E-state index contributed by atoms with van der Waals surface area (Å²) in [6.07, 6.45) is 4.55. The van der Waals surface area contributed by atoms with E-state index in [0.717, 1.165) is 37.7 Å². The summed E-state index contributed by atoms with van der Waals surface area (Å²) in [4.78, 5) is 10.9. The zero-order valence-electron chi connectivity index (χ0n) is 9.59. The van der Waals surface area contributed by atoms with E-state index in [2.05, 4.69) is 21.8 Å². The maximum absolute atomic E-state index is 5.48. The summed E-state index contributed by atoms with van der Waals surface area (Å²) in [5.74, 6) is 0.788. The highest BCUT2D eigenvalue weighted by atomic mass is 16.5. The molecule has 2 rings (SSSR count). The molecule has 5 heteroatoms. The van der Waals surface area contributed by atoms with Gasteiger partial charge in [0.05, 0.1) is 19.3 Å². The van der Waals surface area contributed by atoms with Crippen LogP contribution in [-0.4, -0.2) is 42.3 Å². The fourth-order valence-corrected chi connectivity index (χ4v) is 1.82. The van der Waals surface area contributed by atoms with E-state index < -0.39 is 0 Å². The number of rotatable bonds is 3. The summed E-state index contributed by atoms with van der Waals surface area (Å²) in [5.41, 5.74) is 6.57. The molecule has 1 aliphatic rings.